The Morgan fingerprint density at radius 1 is 1.24 bits per heavy atom. The fourth-order valence-corrected chi connectivity index (χ4v) is 2.93. The first kappa shape index (κ1) is 16.3. The van der Waals surface area contributed by atoms with Gasteiger partial charge in [-0.05, 0) is 35.4 Å². The highest BCUT2D eigenvalue weighted by Crippen LogP contribution is 2.35. The third-order valence-electron chi connectivity index (χ3n) is 4.53. The molecule has 1 aliphatic rings. The molecule has 1 aliphatic heterocycles. The molecule has 1 N–H and O–H groups in total. The quantitative estimate of drug-likeness (QED) is 0.814. The summed E-state index contributed by atoms with van der Waals surface area (Å²) >= 11 is 0. The van der Waals surface area contributed by atoms with Gasteiger partial charge in [0.2, 0.25) is 0 Å². The van der Waals surface area contributed by atoms with E-state index in [1.807, 2.05) is 0 Å². The molecule has 1 unspecified atom stereocenters. The van der Waals surface area contributed by atoms with Crippen LogP contribution in [0.1, 0.15) is 32.8 Å². The maximum Gasteiger partial charge on any atom is 0.0587 e. The van der Waals surface area contributed by atoms with Crippen molar-refractivity contribution in [3.05, 3.63) is 29.8 Å². The second kappa shape index (κ2) is 7.28. The molecule has 3 heteroatoms. The number of methoxy groups -OCH3 is 1. The summed E-state index contributed by atoms with van der Waals surface area (Å²) in [6.45, 7) is 12.0. The maximum absolute atomic E-state index is 5.03. The molecule has 1 aromatic rings. The molecule has 1 atom stereocenters. The summed E-state index contributed by atoms with van der Waals surface area (Å²) < 4.78 is 5.03. The van der Waals surface area contributed by atoms with Crippen LogP contribution in [0.4, 0.5) is 5.69 Å². The van der Waals surface area contributed by atoms with Gasteiger partial charge in [0.1, 0.15) is 0 Å². The summed E-state index contributed by atoms with van der Waals surface area (Å²) in [5, 5.41) is 3.38. The molecule has 0 bridgehead atoms. The zero-order valence-corrected chi connectivity index (χ0v) is 14.0. The molecule has 0 spiro atoms. The van der Waals surface area contributed by atoms with Gasteiger partial charge in [0.25, 0.3) is 0 Å². The second-order valence-electron chi connectivity index (χ2n) is 7.13. The van der Waals surface area contributed by atoms with Gasteiger partial charge in [-0.1, -0.05) is 32.9 Å². The summed E-state index contributed by atoms with van der Waals surface area (Å²) in [5.74, 6) is 0.799. The zero-order chi connectivity index (χ0) is 15.3. The van der Waals surface area contributed by atoms with E-state index in [2.05, 4.69) is 55.3 Å². The lowest BCUT2D eigenvalue weighted by atomic mass is 9.80. The first-order valence-electron chi connectivity index (χ1n) is 8.04. The first-order chi connectivity index (χ1) is 10.0. The average molecular weight is 290 g/mol. The summed E-state index contributed by atoms with van der Waals surface area (Å²) in [4.78, 5) is 2.53. The molecule has 21 heavy (non-hydrogen) atoms. The molecular weight excluding hydrogens is 260 g/mol. The van der Waals surface area contributed by atoms with E-state index in [0.717, 1.165) is 25.6 Å². The Morgan fingerprint density at radius 2 is 1.95 bits per heavy atom. The first-order valence-corrected chi connectivity index (χ1v) is 8.04. The van der Waals surface area contributed by atoms with Gasteiger partial charge in [-0.15, -0.1) is 0 Å². The van der Waals surface area contributed by atoms with Crippen molar-refractivity contribution in [2.45, 2.75) is 33.7 Å². The van der Waals surface area contributed by atoms with Crippen LogP contribution in [0.15, 0.2) is 24.3 Å². The number of nitrogens with one attached hydrogen (secondary N) is 1. The van der Waals surface area contributed by atoms with Crippen LogP contribution in [0.25, 0.3) is 0 Å². The molecule has 1 aromatic carbocycles. The molecule has 118 valence electrons. The minimum Gasteiger partial charge on any atom is -0.383 e. The fourth-order valence-electron chi connectivity index (χ4n) is 2.93. The molecule has 1 saturated heterocycles. The lowest BCUT2D eigenvalue weighted by Gasteiger charge is -2.27. The summed E-state index contributed by atoms with van der Waals surface area (Å²) in [5.41, 5.74) is 3.11. The third-order valence-corrected chi connectivity index (χ3v) is 4.53. The van der Waals surface area contributed by atoms with Gasteiger partial charge in [0.15, 0.2) is 0 Å². The van der Waals surface area contributed by atoms with Crippen molar-refractivity contribution < 1.29 is 4.74 Å². The van der Waals surface area contributed by atoms with Crippen LogP contribution in [0.3, 0.4) is 0 Å². The number of hydrogen-bond donors (Lipinski definition) is 1. The Labute approximate surface area is 129 Å². The second-order valence-corrected chi connectivity index (χ2v) is 7.13. The normalized spacial score (nSPS) is 19.2. The standard InChI is InChI=1S/C18H30N2O/c1-18(2,3)16-9-11-20(14-16)17-7-5-15(6-8-17)13-19-10-12-21-4/h5-8,16,19H,9-14H2,1-4H3. The van der Waals surface area contributed by atoms with Crippen molar-refractivity contribution in [2.24, 2.45) is 11.3 Å². The van der Waals surface area contributed by atoms with Crippen molar-refractivity contribution in [2.75, 3.05) is 38.3 Å². The largest absolute Gasteiger partial charge is 0.383 e. The number of anilines is 1. The summed E-state index contributed by atoms with van der Waals surface area (Å²) in [6.07, 6.45) is 1.31. The Kier molecular flexibility index (Phi) is 5.65. The molecule has 3 nitrogen and oxygen atoms in total. The Hall–Kier alpha value is -1.06. The van der Waals surface area contributed by atoms with Crippen LogP contribution in [0.2, 0.25) is 0 Å². The molecule has 2 rings (SSSR count). The average Bonchev–Trinajstić information content (AvgIpc) is 2.94. The van der Waals surface area contributed by atoms with E-state index in [1.165, 1.54) is 30.8 Å². The van der Waals surface area contributed by atoms with E-state index in [1.54, 1.807) is 7.11 Å². The van der Waals surface area contributed by atoms with Crippen LogP contribution in [-0.2, 0) is 11.3 Å². The molecule has 0 amide bonds. The Balaban J connectivity index is 1.85. The van der Waals surface area contributed by atoms with E-state index in [0.29, 0.717) is 5.41 Å². The van der Waals surface area contributed by atoms with E-state index in [-0.39, 0.29) is 0 Å². The third kappa shape index (κ3) is 4.72. The van der Waals surface area contributed by atoms with E-state index >= 15 is 0 Å². The van der Waals surface area contributed by atoms with Gasteiger partial charge < -0.3 is 15.0 Å². The van der Waals surface area contributed by atoms with Crippen LogP contribution >= 0.6 is 0 Å². The lowest BCUT2D eigenvalue weighted by Crippen LogP contribution is -2.25. The van der Waals surface area contributed by atoms with Crippen LogP contribution in [0, 0.1) is 11.3 Å². The maximum atomic E-state index is 5.03. The SMILES string of the molecule is COCCNCc1ccc(N2CCC(C(C)(C)C)C2)cc1. The van der Waals surface area contributed by atoms with Gasteiger partial charge in [-0.25, -0.2) is 0 Å². The monoisotopic (exact) mass is 290 g/mol. The van der Waals surface area contributed by atoms with Crippen LogP contribution in [-0.4, -0.2) is 33.4 Å². The Morgan fingerprint density at radius 3 is 2.52 bits per heavy atom. The van der Waals surface area contributed by atoms with Gasteiger partial charge in [0, 0.05) is 39.0 Å². The topological polar surface area (TPSA) is 24.5 Å². The minimum atomic E-state index is 0.417. The highest BCUT2D eigenvalue weighted by atomic mass is 16.5. The predicted octanol–water partition coefficient (Wildman–Crippen LogP) is 3.30. The van der Waals surface area contributed by atoms with Crippen LogP contribution < -0.4 is 10.2 Å². The minimum absolute atomic E-state index is 0.417. The van der Waals surface area contributed by atoms with Gasteiger partial charge in [0.05, 0.1) is 6.61 Å². The molecule has 1 fully saturated rings. The zero-order valence-electron chi connectivity index (χ0n) is 14.0. The Bertz CT molecular complexity index is 422. The smallest absolute Gasteiger partial charge is 0.0587 e. The molecule has 0 aromatic heterocycles. The number of nitrogens with zero attached hydrogens (tertiary/aromatic N) is 1. The van der Waals surface area contributed by atoms with Crippen LogP contribution in [0.5, 0.6) is 0 Å². The van der Waals surface area contributed by atoms with Crippen molar-refractivity contribution in [3.8, 4) is 0 Å². The highest BCUT2D eigenvalue weighted by molar-refractivity contribution is 5.48. The number of hydrogen-bond acceptors (Lipinski definition) is 3. The molecular formula is C18H30N2O. The van der Waals surface area contributed by atoms with Crippen molar-refractivity contribution in [1.82, 2.24) is 5.32 Å². The summed E-state index contributed by atoms with van der Waals surface area (Å²) in [6, 6.07) is 9.00. The van der Waals surface area contributed by atoms with E-state index in [9.17, 15) is 0 Å². The highest BCUT2D eigenvalue weighted by Gasteiger charge is 2.31. The predicted molar refractivity (Wildman–Crippen MR) is 89.8 cm³/mol. The molecule has 0 aliphatic carbocycles. The van der Waals surface area contributed by atoms with Gasteiger partial charge in [-0.3, -0.25) is 0 Å². The molecule has 1 heterocycles. The number of benzene rings is 1. The van der Waals surface area contributed by atoms with Crippen molar-refractivity contribution in [3.63, 3.8) is 0 Å². The van der Waals surface area contributed by atoms with Gasteiger partial charge >= 0.3 is 0 Å². The lowest BCUT2D eigenvalue weighted by molar-refractivity contribution is 0.199. The van der Waals surface area contributed by atoms with Crippen molar-refractivity contribution >= 4 is 5.69 Å². The van der Waals surface area contributed by atoms with Crippen molar-refractivity contribution in [1.29, 1.82) is 0 Å². The summed E-state index contributed by atoms with van der Waals surface area (Å²) in [7, 11) is 1.73. The fraction of sp³-hybridized carbons (Fsp3) is 0.667. The number of ether oxygens (including phenoxy) is 1. The van der Waals surface area contributed by atoms with E-state index < -0.39 is 0 Å². The molecule has 0 radical (unpaired) electrons. The molecule has 0 saturated carbocycles. The number of rotatable bonds is 6. The van der Waals surface area contributed by atoms with Gasteiger partial charge in [-0.2, -0.15) is 0 Å². The van der Waals surface area contributed by atoms with E-state index in [4.69, 9.17) is 4.74 Å².